The molecule has 1 aromatic rings. The molecular formula is C13H19NOS. The monoisotopic (exact) mass is 237 g/mol. The maximum atomic E-state index is 8.95. The highest BCUT2D eigenvalue weighted by Crippen LogP contribution is 2.21. The van der Waals surface area contributed by atoms with E-state index in [4.69, 9.17) is 5.11 Å². The van der Waals surface area contributed by atoms with E-state index in [0.29, 0.717) is 6.04 Å². The highest BCUT2D eigenvalue weighted by Gasteiger charge is 2.12. The summed E-state index contributed by atoms with van der Waals surface area (Å²) in [6, 6.07) is 8.86. The maximum absolute atomic E-state index is 8.95. The fraction of sp³-hybridized carbons (Fsp3) is 0.538. The first-order valence-corrected chi connectivity index (χ1v) is 6.93. The second-order valence-corrected chi connectivity index (χ2v) is 5.35. The van der Waals surface area contributed by atoms with Gasteiger partial charge >= 0.3 is 0 Å². The number of piperidine rings is 1. The summed E-state index contributed by atoms with van der Waals surface area (Å²) in [6.45, 7) is 1.31. The number of aliphatic hydroxyl groups is 1. The van der Waals surface area contributed by atoms with E-state index in [1.807, 2.05) is 23.9 Å². The molecule has 1 unspecified atom stereocenters. The summed E-state index contributed by atoms with van der Waals surface area (Å²) in [4.78, 5) is 1.30. The fourth-order valence-electron chi connectivity index (χ4n) is 1.95. The third-order valence-corrected chi connectivity index (χ3v) is 4.14. The number of hydrogen-bond acceptors (Lipinski definition) is 3. The average Bonchev–Trinajstić information content (AvgIpc) is 2.38. The molecule has 1 heterocycles. The minimum atomic E-state index is 0.134. The molecule has 16 heavy (non-hydrogen) atoms. The van der Waals surface area contributed by atoms with Crippen LogP contribution in [0.15, 0.2) is 29.2 Å². The highest BCUT2D eigenvalue weighted by atomic mass is 32.2. The van der Waals surface area contributed by atoms with Crippen molar-refractivity contribution in [1.82, 2.24) is 5.32 Å². The van der Waals surface area contributed by atoms with Crippen molar-refractivity contribution in [2.45, 2.75) is 36.8 Å². The van der Waals surface area contributed by atoms with E-state index in [0.717, 1.165) is 11.3 Å². The van der Waals surface area contributed by atoms with Gasteiger partial charge in [0.15, 0.2) is 0 Å². The molecule has 2 N–H and O–H groups in total. The van der Waals surface area contributed by atoms with Crippen LogP contribution in [0.3, 0.4) is 0 Å². The smallest absolute Gasteiger partial charge is 0.0681 e. The Morgan fingerprint density at radius 3 is 2.69 bits per heavy atom. The molecule has 1 aliphatic rings. The number of rotatable bonds is 4. The van der Waals surface area contributed by atoms with E-state index in [1.165, 1.54) is 30.7 Å². The van der Waals surface area contributed by atoms with Crippen LogP contribution in [0.5, 0.6) is 0 Å². The Hall–Kier alpha value is -0.510. The zero-order valence-corrected chi connectivity index (χ0v) is 10.3. The third kappa shape index (κ3) is 3.51. The van der Waals surface area contributed by atoms with Crippen molar-refractivity contribution in [2.75, 3.05) is 12.3 Å². The minimum absolute atomic E-state index is 0.134. The van der Waals surface area contributed by atoms with Gasteiger partial charge in [-0.25, -0.2) is 0 Å². The maximum Gasteiger partial charge on any atom is 0.0681 e. The Morgan fingerprint density at radius 1 is 1.25 bits per heavy atom. The van der Waals surface area contributed by atoms with Crippen molar-refractivity contribution in [1.29, 1.82) is 0 Å². The second kappa shape index (κ2) is 6.28. The first kappa shape index (κ1) is 12.0. The summed E-state index contributed by atoms with van der Waals surface area (Å²) in [5.41, 5.74) is 0.986. The molecule has 0 amide bonds. The van der Waals surface area contributed by atoms with Crippen LogP contribution in [0.2, 0.25) is 0 Å². The van der Waals surface area contributed by atoms with E-state index >= 15 is 0 Å². The van der Waals surface area contributed by atoms with E-state index in [1.54, 1.807) is 0 Å². The van der Waals surface area contributed by atoms with Crippen LogP contribution in [-0.2, 0) is 6.61 Å². The highest BCUT2D eigenvalue weighted by molar-refractivity contribution is 7.99. The Bertz CT molecular complexity index is 306. The van der Waals surface area contributed by atoms with Gasteiger partial charge in [0.1, 0.15) is 0 Å². The molecule has 0 bridgehead atoms. The van der Waals surface area contributed by atoms with Crippen molar-refractivity contribution in [2.24, 2.45) is 0 Å². The largest absolute Gasteiger partial charge is 0.392 e. The van der Waals surface area contributed by atoms with E-state index in [-0.39, 0.29) is 6.61 Å². The summed E-state index contributed by atoms with van der Waals surface area (Å²) in [5.74, 6) is 1.15. The standard InChI is InChI=1S/C13H19NOS/c15-9-11-4-6-13(7-5-11)16-10-12-3-1-2-8-14-12/h4-7,12,14-15H,1-3,8-10H2. The van der Waals surface area contributed by atoms with Gasteiger partial charge in [0.05, 0.1) is 6.61 Å². The van der Waals surface area contributed by atoms with Crippen molar-refractivity contribution in [3.63, 3.8) is 0 Å². The Labute approximate surface area is 101 Å². The van der Waals surface area contributed by atoms with Crippen molar-refractivity contribution >= 4 is 11.8 Å². The topological polar surface area (TPSA) is 32.3 Å². The van der Waals surface area contributed by atoms with Crippen molar-refractivity contribution < 1.29 is 5.11 Å². The minimum Gasteiger partial charge on any atom is -0.392 e. The first-order chi connectivity index (χ1) is 7.88. The number of nitrogens with one attached hydrogen (secondary N) is 1. The molecule has 1 atom stereocenters. The summed E-state index contributed by atoms with van der Waals surface area (Å²) in [6.07, 6.45) is 4.00. The van der Waals surface area contributed by atoms with Crippen LogP contribution in [-0.4, -0.2) is 23.4 Å². The predicted molar refractivity (Wildman–Crippen MR) is 68.7 cm³/mol. The average molecular weight is 237 g/mol. The second-order valence-electron chi connectivity index (χ2n) is 4.26. The summed E-state index contributed by atoms with van der Waals surface area (Å²) in [7, 11) is 0. The third-order valence-electron chi connectivity index (χ3n) is 2.97. The summed E-state index contributed by atoms with van der Waals surface area (Å²) >= 11 is 1.90. The molecule has 3 heteroatoms. The molecule has 1 aromatic carbocycles. The lowest BCUT2D eigenvalue weighted by Crippen LogP contribution is -2.35. The Kier molecular flexibility index (Phi) is 4.69. The van der Waals surface area contributed by atoms with Crippen LogP contribution in [0.4, 0.5) is 0 Å². The van der Waals surface area contributed by atoms with Crippen LogP contribution in [0.25, 0.3) is 0 Å². The molecule has 1 saturated heterocycles. The zero-order valence-electron chi connectivity index (χ0n) is 9.48. The predicted octanol–water partition coefficient (Wildman–Crippen LogP) is 2.41. The van der Waals surface area contributed by atoms with Crippen molar-refractivity contribution in [3.05, 3.63) is 29.8 Å². The molecule has 2 nitrogen and oxygen atoms in total. The number of hydrogen-bond donors (Lipinski definition) is 2. The van der Waals surface area contributed by atoms with Crippen LogP contribution in [0.1, 0.15) is 24.8 Å². The van der Waals surface area contributed by atoms with Crippen LogP contribution >= 0.6 is 11.8 Å². The summed E-state index contributed by atoms with van der Waals surface area (Å²) in [5, 5.41) is 12.5. The number of aliphatic hydroxyl groups excluding tert-OH is 1. The zero-order chi connectivity index (χ0) is 11.2. The quantitative estimate of drug-likeness (QED) is 0.789. The Balaban J connectivity index is 1.79. The number of benzene rings is 1. The molecular weight excluding hydrogens is 218 g/mol. The molecule has 1 fully saturated rings. The molecule has 0 radical (unpaired) electrons. The molecule has 0 aromatic heterocycles. The van der Waals surface area contributed by atoms with Gasteiger partial charge in [-0.1, -0.05) is 18.6 Å². The van der Waals surface area contributed by atoms with E-state index in [9.17, 15) is 0 Å². The van der Waals surface area contributed by atoms with Gasteiger partial charge in [-0.05, 0) is 37.1 Å². The van der Waals surface area contributed by atoms with Gasteiger partial charge in [-0.2, -0.15) is 0 Å². The van der Waals surface area contributed by atoms with E-state index in [2.05, 4.69) is 17.4 Å². The number of thioether (sulfide) groups is 1. The molecule has 0 spiro atoms. The van der Waals surface area contributed by atoms with E-state index < -0.39 is 0 Å². The van der Waals surface area contributed by atoms with Gasteiger partial charge in [0, 0.05) is 16.7 Å². The fourth-order valence-corrected chi connectivity index (χ4v) is 2.96. The van der Waals surface area contributed by atoms with Gasteiger partial charge in [-0.3, -0.25) is 0 Å². The molecule has 0 aliphatic carbocycles. The van der Waals surface area contributed by atoms with Gasteiger partial charge < -0.3 is 10.4 Å². The Morgan fingerprint density at radius 2 is 2.06 bits per heavy atom. The van der Waals surface area contributed by atoms with Gasteiger partial charge in [0.25, 0.3) is 0 Å². The van der Waals surface area contributed by atoms with Gasteiger partial charge in [0.2, 0.25) is 0 Å². The normalized spacial score (nSPS) is 20.9. The summed E-state index contributed by atoms with van der Waals surface area (Å²) < 4.78 is 0. The molecule has 1 aliphatic heterocycles. The van der Waals surface area contributed by atoms with Gasteiger partial charge in [-0.15, -0.1) is 11.8 Å². The van der Waals surface area contributed by atoms with Crippen molar-refractivity contribution in [3.8, 4) is 0 Å². The molecule has 2 rings (SSSR count). The first-order valence-electron chi connectivity index (χ1n) is 5.94. The van der Waals surface area contributed by atoms with Crippen LogP contribution < -0.4 is 5.32 Å². The lowest BCUT2D eigenvalue weighted by molar-refractivity contribution is 0.282. The lowest BCUT2D eigenvalue weighted by Gasteiger charge is -2.22. The molecule has 0 saturated carbocycles. The lowest BCUT2D eigenvalue weighted by atomic mass is 10.1. The van der Waals surface area contributed by atoms with Crippen LogP contribution in [0, 0.1) is 0 Å². The molecule has 88 valence electrons. The SMILES string of the molecule is OCc1ccc(SCC2CCCCN2)cc1.